The number of nitrogens with zero attached hydrogens (tertiary/aromatic N) is 5. The molecule has 122 valence electrons. The Bertz CT molecular complexity index is 886. The predicted octanol–water partition coefficient (Wildman–Crippen LogP) is -0.384. The molecule has 0 atom stereocenters. The molecule has 0 saturated heterocycles. The van der Waals surface area contributed by atoms with Gasteiger partial charge in [-0.1, -0.05) is 23.4 Å². The highest BCUT2D eigenvalue weighted by Crippen LogP contribution is 2.14. The quantitative estimate of drug-likeness (QED) is 0.549. The monoisotopic (exact) mass is 328 g/mol. The first kappa shape index (κ1) is 15.1. The molecule has 0 saturated carbocycles. The van der Waals surface area contributed by atoms with Crippen molar-refractivity contribution in [3.05, 3.63) is 47.3 Å². The summed E-state index contributed by atoms with van der Waals surface area (Å²) in [7, 11) is 0. The average molecular weight is 328 g/mol. The zero-order valence-electron chi connectivity index (χ0n) is 12.4. The number of aryl methyl sites for hydroxylation is 1. The number of carbonyl (C=O) groups is 2. The highest BCUT2D eigenvalue weighted by atomic mass is 16.6. The predicted molar refractivity (Wildman–Crippen MR) is 79.7 cm³/mol. The minimum atomic E-state index is -0.649. The number of anilines is 1. The number of nitrogens with two attached hydrogens (primary N) is 1. The van der Waals surface area contributed by atoms with Crippen LogP contribution in [0.25, 0.3) is 5.82 Å². The van der Waals surface area contributed by atoms with Crippen molar-refractivity contribution in [1.82, 2.24) is 36.2 Å². The van der Waals surface area contributed by atoms with Crippen LogP contribution in [0.3, 0.4) is 0 Å². The van der Waals surface area contributed by atoms with E-state index in [1.165, 1.54) is 0 Å². The molecule has 0 unspecified atom stereocenters. The minimum absolute atomic E-state index is 0.0233. The van der Waals surface area contributed by atoms with Gasteiger partial charge in [0.2, 0.25) is 11.6 Å². The van der Waals surface area contributed by atoms with E-state index >= 15 is 0 Å². The van der Waals surface area contributed by atoms with Crippen molar-refractivity contribution < 1.29 is 14.2 Å². The number of aromatic nitrogens is 5. The Hall–Kier alpha value is -3.76. The maximum atomic E-state index is 12.3. The zero-order chi connectivity index (χ0) is 17.1. The highest BCUT2D eigenvalue weighted by molar-refractivity contribution is 5.99. The van der Waals surface area contributed by atoms with Crippen LogP contribution in [-0.2, 0) is 0 Å². The topological polar surface area (TPSA) is 154 Å². The van der Waals surface area contributed by atoms with Gasteiger partial charge in [0, 0.05) is 5.56 Å². The molecule has 0 aliphatic carbocycles. The molecule has 0 fully saturated rings. The van der Waals surface area contributed by atoms with E-state index < -0.39 is 11.8 Å². The molecule has 2 heterocycles. The van der Waals surface area contributed by atoms with Gasteiger partial charge in [0.05, 0.1) is 5.69 Å². The lowest BCUT2D eigenvalue weighted by molar-refractivity contribution is 0.0841. The molecule has 0 aliphatic heterocycles. The lowest BCUT2D eigenvalue weighted by Gasteiger charge is -2.08. The SMILES string of the molecule is Cc1nnn(-c2nonc2N)c1C(=O)NNC(=O)c1ccccc1. The van der Waals surface area contributed by atoms with Crippen molar-refractivity contribution in [1.29, 1.82) is 0 Å². The van der Waals surface area contributed by atoms with Crippen LogP contribution in [0.2, 0.25) is 0 Å². The van der Waals surface area contributed by atoms with Gasteiger partial charge in [-0.15, -0.1) is 5.10 Å². The van der Waals surface area contributed by atoms with Gasteiger partial charge in [0.25, 0.3) is 11.8 Å². The number of nitrogens with one attached hydrogen (secondary N) is 2. The third kappa shape index (κ3) is 2.77. The Kier molecular flexibility index (Phi) is 3.89. The summed E-state index contributed by atoms with van der Waals surface area (Å²) in [4.78, 5) is 24.3. The van der Waals surface area contributed by atoms with Crippen LogP contribution in [0.15, 0.2) is 35.0 Å². The molecule has 1 aromatic carbocycles. The van der Waals surface area contributed by atoms with Crippen molar-refractivity contribution in [2.24, 2.45) is 0 Å². The van der Waals surface area contributed by atoms with Gasteiger partial charge in [-0.25, -0.2) is 4.63 Å². The van der Waals surface area contributed by atoms with Crippen LogP contribution in [0, 0.1) is 6.92 Å². The number of amides is 2. The summed E-state index contributed by atoms with van der Waals surface area (Å²) >= 11 is 0. The number of benzene rings is 1. The minimum Gasteiger partial charge on any atom is -0.378 e. The largest absolute Gasteiger partial charge is 0.378 e. The van der Waals surface area contributed by atoms with E-state index in [0.29, 0.717) is 11.3 Å². The van der Waals surface area contributed by atoms with Crippen molar-refractivity contribution in [2.75, 3.05) is 5.73 Å². The van der Waals surface area contributed by atoms with E-state index in [9.17, 15) is 9.59 Å². The van der Waals surface area contributed by atoms with E-state index in [2.05, 4.69) is 36.1 Å². The fraction of sp³-hybridized carbons (Fsp3) is 0.0769. The van der Waals surface area contributed by atoms with Crippen LogP contribution in [-0.4, -0.2) is 37.1 Å². The molecule has 0 radical (unpaired) electrons. The van der Waals surface area contributed by atoms with E-state index in [1.807, 2.05) is 0 Å². The maximum absolute atomic E-state index is 12.3. The van der Waals surface area contributed by atoms with Gasteiger partial charge in [0.1, 0.15) is 0 Å². The first-order chi connectivity index (χ1) is 11.6. The van der Waals surface area contributed by atoms with Crippen LogP contribution in [0.5, 0.6) is 0 Å². The summed E-state index contributed by atoms with van der Waals surface area (Å²) in [6.07, 6.45) is 0. The standard InChI is InChI=1S/C13H12N8O3/c1-7-9(21(20-15-7)11-10(14)18-24-19-11)13(23)17-16-12(22)8-5-3-2-4-6-8/h2-6H,1H3,(H2,14,18)(H,16,22)(H,17,23). The second-order valence-electron chi connectivity index (χ2n) is 4.68. The number of hydrazine groups is 1. The smallest absolute Gasteiger partial charge is 0.290 e. The van der Waals surface area contributed by atoms with Crippen LogP contribution in [0.4, 0.5) is 5.82 Å². The molecule has 3 aromatic rings. The molecule has 3 rings (SSSR count). The van der Waals surface area contributed by atoms with Crippen LogP contribution >= 0.6 is 0 Å². The fourth-order valence-corrected chi connectivity index (χ4v) is 1.94. The van der Waals surface area contributed by atoms with Crippen LogP contribution < -0.4 is 16.6 Å². The van der Waals surface area contributed by atoms with Gasteiger partial charge >= 0.3 is 0 Å². The summed E-state index contributed by atoms with van der Waals surface area (Å²) in [6, 6.07) is 8.42. The van der Waals surface area contributed by atoms with Crippen molar-refractivity contribution >= 4 is 17.6 Å². The molecule has 0 bridgehead atoms. The Morgan fingerprint density at radius 1 is 1.12 bits per heavy atom. The molecule has 24 heavy (non-hydrogen) atoms. The van der Waals surface area contributed by atoms with E-state index in [4.69, 9.17) is 5.73 Å². The number of hydrogen-bond donors (Lipinski definition) is 3. The van der Waals surface area contributed by atoms with E-state index in [-0.39, 0.29) is 17.3 Å². The zero-order valence-corrected chi connectivity index (χ0v) is 12.4. The first-order valence-corrected chi connectivity index (χ1v) is 6.74. The van der Waals surface area contributed by atoms with Crippen LogP contribution in [0.1, 0.15) is 26.5 Å². The lowest BCUT2D eigenvalue weighted by Crippen LogP contribution is -2.42. The summed E-state index contributed by atoms with van der Waals surface area (Å²) in [5.74, 6) is -1.15. The Morgan fingerprint density at radius 2 is 1.83 bits per heavy atom. The summed E-state index contributed by atoms with van der Waals surface area (Å²) in [6.45, 7) is 1.57. The molecule has 0 spiro atoms. The molecule has 2 amide bonds. The second-order valence-corrected chi connectivity index (χ2v) is 4.68. The summed E-state index contributed by atoms with van der Waals surface area (Å²) in [5, 5.41) is 14.6. The summed E-state index contributed by atoms with van der Waals surface area (Å²) in [5.41, 5.74) is 10.9. The third-order valence-corrected chi connectivity index (χ3v) is 3.08. The van der Waals surface area contributed by atoms with Gasteiger partial charge in [-0.2, -0.15) is 4.68 Å². The van der Waals surface area contributed by atoms with Gasteiger partial charge in [-0.3, -0.25) is 20.4 Å². The molecule has 2 aromatic heterocycles. The van der Waals surface area contributed by atoms with Gasteiger partial charge < -0.3 is 5.73 Å². The van der Waals surface area contributed by atoms with Gasteiger partial charge in [0.15, 0.2) is 5.69 Å². The normalized spacial score (nSPS) is 10.4. The molecule has 4 N–H and O–H groups in total. The first-order valence-electron chi connectivity index (χ1n) is 6.74. The highest BCUT2D eigenvalue weighted by Gasteiger charge is 2.23. The Balaban J connectivity index is 1.78. The van der Waals surface area contributed by atoms with Crippen molar-refractivity contribution in [3.63, 3.8) is 0 Å². The molecular formula is C13H12N8O3. The van der Waals surface area contributed by atoms with E-state index in [1.54, 1.807) is 37.3 Å². The van der Waals surface area contributed by atoms with Crippen molar-refractivity contribution in [3.8, 4) is 5.82 Å². The fourth-order valence-electron chi connectivity index (χ4n) is 1.94. The lowest BCUT2D eigenvalue weighted by atomic mass is 10.2. The Morgan fingerprint density at radius 3 is 2.50 bits per heavy atom. The Labute approximate surface area is 134 Å². The number of rotatable bonds is 3. The second kappa shape index (κ2) is 6.16. The number of hydrogen-bond acceptors (Lipinski definition) is 8. The molecule has 0 aliphatic rings. The average Bonchev–Trinajstić information content (AvgIpc) is 3.18. The molecular weight excluding hydrogens is 316 g/mol. The summed E-state index contributed by atoms with van der Waals surface area (Å²) < 4.78 is 5.56. The third-order valence-electron chi connectivity index (χ3n) is 3.08. The van der Waals surface area contributed by atoms with Crippen molar-refractivity contribution in [2.45, 2.75) is 6.92 Å². The molecule has 11 nitrogen and oxygen atoms in total. The molecule has 11 heteroatoms. The van der Waals surface area contributed by atoms with Gasteiger partial charge in [-0.05, 0) is 29.4 Å². The maximum Gasteiger partial charge on any atom is 0.290 e. The number of carbonyl (C=O) groups excluding carboxylic acids is 2. The number of nitrogen functional groups attached to an aromatic ring is 1. The van der Waals surface area contributed by atoms with E-state index in [0.717, 1.165) is 4.68 Å².